The SMILES string of the molecule is Cc1ncc(COO)c(C=NC2=CC(F)[C@H](C(=O)O)C2)c1O. The van der Waals surface area contributed by atoms with Gasteiger partial charge < -0.3 is 10.2 Å². The molecule has 0 bridgehead atoms. The Morgan fingerprint density at radius 2 is 2.36 bits per heavy atom. The molecule has 0 aliphatic heterocycles. The smallest absolute Gasteiger partial charge is 0.310 e. The summed E-state index contributed by atoms with van der Waals surface area (Å²) in [5, 5.41) is 27.4. The van der Waals surface area contributed by atoms with Crippen LogP contribution in [0.15, 0.2) is 23.0 Å². The average Bonchev–Trinajstić information content (AvgIpc) is 2.84. The Labute approximate surface area is 125 Å². The van der Waals surface area contributed by atoms with Crippen LogP contribution in [0.25, 0.3) is 0 Å². The lowest BCUT2D eigenvalue weighted by Gasteiger charge is -2.08. The molecule has 3 N–H and O–H groups in total. The first kappa shape index (κ1) is 16.1. The highest BCUT2D eigenvalue weighted by Crippen LogP contribution is 2.29. The summed E-state index contributed by atoms with van der Waals surface area (Å²) in [5.74, 6) is -2.49. The summed E-state index contributed by atoms with van der Waals surface area (Å²) in [7, 11) is 0. The van der Waals surface area contributed by atoms with Gasteiger partial charge >= 0.3 is 5.97 Å². The van der Waals surface area contributed by atoms with Gasteiger partial charge in [-0.05, 0) is 13.0 Å². The molecule has 2 rings (SSSR count). The molecule has 118 valence electrons. The van der Waals surface area contributed by atoms with Crippen LogP contribution in [0.4, 0.5) is 4.39 Å². The highest BCUT2D eigenvalue weighted by Gasteiger charge is 2.33. The topological polar surface area (TPSA) is 112 Å². The fourth-order valence-corrected chi connectivity index (χ4v) is 2.15. The number of allylic oxidation sites excluding steroid dienone is 2. The normalized spacial score (nSPS) is 21.3. The van der Waals surface area contributed by atoms with E-state index in [1.165, 1.54) is 12.4 Å². The van der Waals surface area contributed by atoms with E-state index >= 15 is 0 Å². The third-order valence-electron chi connectivity index (χ3n) is 3.42. The molecule has 0 aromatic carbocycles. The number of carboxylic acids is 1. The fourth-order valence-electron chi connectivity index (χ4n) is 2.15. The molecule has 2 atom stereocenters. The van der Waals surface area contributed by atoms with Crippen LogP contribution in [-0.2, 0) is 16.3 Å². The Morgan fingerprint density at radius 3 is 2.95 bits per heavy atom. The summed E-state index contributed by atoms with van der Waals surface area (Å²) < 4.78 is 13.5. The van der Waals surface area contributed by atoms with E-state index in [0.29, 0.717) is 11.3 Å². The van der Waals surface area contributed by atoms with Crippen molar-refractivity contribution in [1.82, 2.24) is 4.98 Å². The number of hydrogen-bond acceptors (Lipinski definition) is 6. The van der Waals surface area contributed by atoms with Crippen LogP contribution < -0.4 is 0 Å². The zero-order chi connectivity index (χ0) is 16.3. The van der Waals surface area contributed by atoms with Crippen molar-refractivity contribution in [1.29, 1.82) is 0 Å². The van der Waals surface area contributed by atoms with Crippen LogP contribution in [0.2, 0.25) is 0 Å². The summed E-state index contributed by atoms with van der Waals surface area (Å²) in [6.07, 6.45) is 2.22. The van der Waals surface area contributed by atoms with Crippen LogP contribution >= 0.6 is 0 Å². The van der Waals surface area contributed by atoms with Gasteiger partial charge in [-0.3, -0.25) is 20.0 Å². The van der Waals surface area contributed by atoms with Crippen LogP contribution in [0, 0.1) is 12.8 Å². The second-order valence-electron chi connectivity index (χ2n) is 4.91. The van der Waals surface area contributed by atoms with E-state index in [1.807, 2.05) is 0 Å². The summed E-state index contributed by atoms with van der Waals surface area (Å²) in [6, 6.07) is 0. The molecule has 0 spiro atoms. The molecule has 1 aromatic heterocycles. The van der Waals surface area contributed by atoms with Gasteiger partial charge in [-0.15, -0.1) is 0 Å². The first-order chi connectivity index (χ1) is 10.4. The number of halogens is 1. The van der Waals surface area contributed by atoms with Crippen LogP contribution in [0.3, 0.4) is 0 Å². The number of pyridine rings is 1. The number of nitrogens with zero attached hydrogens (tertiary/aromatic N) is 2. The lowest BCUT2D eigenvalue weighted by molar-refractivity contribution is -0.253. The van der Waals surface area contributed by atoms with E-state index in [-0.39, 0.29) is 30.0 Å². The summed E-state index contributed by atoms with van der Waals surface area (Å²) >= 11 is 0. The molecule has 0 saturated heterocycles. The predicted molar refractivity (Wildman–Crippen MR) is 74.4 cm³/mol. The molecule has 7 nitrogen and oxygen atoms in total. The van der Waals surface area contributed by atoms with Gasteiger partial charge in [0.05, 0.1) is 11.6 Å². The molecular formula is C14H15FN2O5. The zero-order valence-corrected chi connectivity index (χ0v) is 11.7. The molecule has 1 heterocycles. The minimum absolute atomic E-state index is 0.0241. The minimum atomic E-state index is -1.59. The van der Waals surface area contributed by atoms with Crippen LogP contribution in [0.1, 0.15) is 23.2 Å². The van der Waals surface area contributed by atoms with Gasteiger partial charge in [-0.2, -0.15) is 0 Å². The highest BCUT2D eigenvalue weighted by atomic mass is 19.1. The Balaban J connectivity index is 2.26. The summed E-state index contributed by atoms with van der Waals surface area (Å²) in [5.41, 5.74) is 1.30. The molecule has 8 heteroatoms. The number of aliphatic imine (C=N–C) groups is 1. The van der Waals surface area contributed by atoms with E-state index in [9.17, 15) is 14.3 Å². The monoisotopic (exact) mass is 310 g/mol. The van der Waals surface area contributed by atoms with Crippen molar-refractivity contribution < 1.29 is 29.5 Å². The van der Waals surface area contributed by atoms with Crippen LogP contribution in [-0.4, -0.2) is 38.8 Å². The Morgan fingerprint density at radius 1 is 1.64 bits per heavy atom. The van der Waals surface area contributed by atoms with Crippen molar-refractivity contribution in [3.63, 3.8) is 0 Å². The zero-order valence-electron chi connectivity index (χ0n) is 11.7. The predicted octanol–water partition coefficient (Wildman–Crippen LogP) is 1.83. The molecular weight excluding hydrogens is 295 g/mol. The average molecular weight is 310 g/mol. The number of aliphatic carboxylic acids is 1. The van der Waals surface area contributed by atoms with Gasteiger partial charge in [0.25, 0.3) is 0 Å². The van der Waals surface area contributed by atoms with Gasteiger partial charge in [0.15, 0.2) is 0 Å². The number of alkyl halides is 1. The van der Waals surface area contributed by atoms with Crippen molar-refractivity contribution in [2.45, 2.75) is 26.1 Å². The fraction of sp³-hybridized carbons (Fsp3) is 0.357. The molecule has 0 saturated carbocycles. The first-order valence-corrected chi connectivity index (χ1v) is 6.49. The highest BCUT2D eigenvalue weighted by molar-refractivity contribution is 5.86. The molecule has 22 heavy (non-hydrogen) atoms. The van der Waals surface area contributed by atoms with E-state index in [1.54, 1.807) is 6.92 Å². The number of carbonyl (C=O) groups is 1. The standard InChI is InChI=1S/C14H15FN2O5/c1-7-13(18)11(8(4-16-7)6-22-21)5-17-9-2-10(14(19)20)12(15)3-9/h3-5,10,12,18,21H,2,6H2,1H3,(H,19,20)/t10-,12?/m1/s1. The maximum absolute atomic E-state index is 13.5. The molecule has 1 aliphatic rings. The second-order valence-corrected chi connectivity index (χ2v) is 4.91. The Hall–Kier alpha value is -2.32. The second kappa shape index (κ2) is 6.63. The van der Waals surface area contributed by atoms with E-state index in [0.717, 1.165) is 6.08 Å². The quantitative estimate of drug-likeness (QED) is 0.434. The Bertz CT molecular complexity index is 644. The van der Waals surface area contributed by atoms with Crippen molar-refractivity contribution in [3.05, 3.63) is 34.8 Å². The molecule has 0 radical (unpaired) electrons. The number of aromatic hydroxyl groups is 1. The lowest BCUT2D eigenvalue weighted by atomic mass is 10.1. The van der Waals surface area contributed by atoms with E-state index in [4.69, 9.17) is 10.4 Å². The maximum atomic E-state index is 13.5. The van der Waals surface area contributed by atoms with Gasteiger partial charge in [0, 0.05) is 35.7 Å². The van der Waals surface area contributed by atoms with Gasteiger partial charge in [-0.1, -0.05) is 0 Å². The van der Waals surface area contributed by atoms with Crippen molar-refractivity contribution >= 4 is 12.2 Å². The minimum Gasteiger partial charge on any atom is -0.505 e. The number of carboxylic acid groups (broad SMARTS) is 1. The third-order valence-corrected chi connectivity index (χ3v) is 3.42. The molecule has 1 aromatic rings. The number of rotatable bonds is 5. The third kappa shape index (κ3) is 3.29. The molecule has 1 unspecified atom stereocenters. The first-order valence-electron chi connectivity index (χ1n) is 6.49. The largest absolute Gasteiger partial charge is 0.505 e. The van der Waals surface area contributed by atoms with E-state index in [2.05, 4.69) is 14.9 Å². The maximum Gasteiger partial charge on any atom is 0.310 e. The Kier molecular flexibility index (Phi) is 4.84. The number of hydrogen-bond donors (Lipinski definition) is 3. The molecule has 1 aliphatic carbocycles. The van der Waals surface area contributed by atoms with Crippen molar-refractivity contribution in [2.24, 2.45) is 10.9 Å². The summed E-state index contributed by atoms with van der Waals surface area (Å²) in [4.78, 5) is 22.8. The van der Waals surface area contributed by atoms with Crippen molar-refractivity contribution in [2.75, 3.05) is 0 Å². The van der Waals surface area contributed by atoms with Crippen LogP contribution in [0.5, 0.6) is 5.75 Å². The molecule has 0 amide bonds. The summed E-state index contributed by atoms with van der Waals surface area (Å²) in [6.45, 7) is 1.38. The van der Waals surface area contributed by atoms with Gasteiger partial charge in [0.2, 0.25) is 0 Å². The van der Waals surface area contributed by atoms with E-state index < -0.39 is 18.1 Å². The van der Waals surface area contributed by atoms with Gasteiger partial charge in [0.1, 0.15) is 18.5 Å². The lowest BCUT2D eigenvalue weighted by Crippen LogP contribution is -2.19. The van der Waals surface area contributed by atoms with Crippen molar-refractivity contribution in [3.8, 4) is 5.75 Å². The molecule has 0 fully saturated rings. The number of aromatic nitrogens is 1. The van der Waals surface area contributed by atoms with Gasteiger partial charge in [-0.25, -0.2) is 9.28 Å². The number of aryl methyl sites for hydroxylation is 1.